The molecule has 0 bridgehead atoms. The van der Waals surface area contributed by atoms with Crippen molar-refractivity contribution in [3.63, 3.8) is 0 Å². The number of nitrogens with one attached hydrogen (secondary N) is 1. The molecule has 0 fully saturated rings. The van der Waals surface area contributed by atoms with Gasteiger partial charge in [-0.2, -0.15) is 0 Å². The van der Waals surface area contributed by atoms with Crippen LogP contribution in [0.2, 0.25) is 5.02 Å². The first-order valence-corrected chi connectivity index (χ1v) is 7.59. The van der Waals surface area contributed by atoms with Gasteiger partial charge in [-0.05, 0) is 42.2 Å². The zero-order valence-electron chi connectivity index (χ0n) is 11.7. The number of hydrogen-bond acceptors (Lipinski definition) is 2. The van der Waals surface area contributed by atoms with Crippen molar-refractivity contribution in [1.82, 2.24) is 4.90 Å². The van der Waals surface area contributed by atoms with Gasteiger partial charge in [0.05, 0.1) is 6.04 Å². The summed E-state index contributed by atoms with van der Waals surface area (Å²) >= 11 is 6.14. The van der Waals surface area contributed by atoms with Gasteiger partial charge < -0.3 is 10.2 Å². The van der Waals surface area contributed by atoms with Gasteiger partial charge in [0, 0.05) is 29.4 Å². The highest BCUT2D eigenvalue weighted by Crippen LogP contribution is 2.40. The number of nitrogens with zero attached hydrogens (tertiary/aromatic N) is 1. The summed E-state index contributed by atoms with van der Waals surface area (Å²) in [5, 5.41) is 4.23. The normalized spacial score (nSPS) is 21.1. The number of carbonyl (C=O) groups is 1. The summed E-state index contributed by atoms with van der Waals surface area (Å²) < 4.78 is 0. The Bertz CT molecular complexity index is 568. The molecule has 0 saturated heterocycles. The van der Waals surface area contributed by atoms with E-state index in [9.17, 15) is 4.79 Å². The molecule has 0 aliphatic carbocycles. The summed E-state index contributed by atoms with van der Waals surface area (Å²) in [5.41, 5.74) is 5.12. The number of carbonyl (C=O) groups excluding carboxylic acids is 1. The lowest BCUT2D eigenvalue weighted by molar-refractivity contribution is -0.119. The van der Waals surface area contributed by atoms with Crippen LogP contribution in [0.5, 0.6) is 0 Å². The number of hydrogen-bond donors (Lipinski definition) is 1. The number of halogens is 1. The number of fused-ring (bicyclic) bond motifs is 2. The second-order valence-electron chi connectivity index (χ2n) is 5.44. The van der Waals surface area contributed by atoms with E-state index in [1.807, 2.05) is 23.1 Å². The topological polar surface area (TPSA) is 32.3 Å². The minimum absolute atomic E-state index is 0.237. The van der Waals surface area contributed by atoms with Crippen LogP contribution in [0.4, 0.5) is 5.69 Å². The van der Waals surface area contributed by atoms with Crippen molar-refractivity contribution < 1.29 is 4.79 Å². The van der Waals surface area contributed by atoms with Crippen LogP contribution in [-0.4, -0.2) is 30.4 Å². The Kier molecular flexibility index (Phi) is 3.70. The molecule has 0 aromatic heterocycles. The molecule has 4 heteroatoms. The van der Waals surface area contributed by atoms with E-state index < -0.39 is 0 Å². The van der Waals surface area contributed by atoms with Crippen molar-refractivity contribution in [2.45, 2.75) is 32.2 Å². The molecular weight excluding hydrogens is 272 g/mol. The maximum absolute atomic E-state index is 11.3. The lowest BCUT2D eigenvalue weighted by Gasteiger charge is -2.39. The summed E-state index contributed by atoms with van der Waals surface area (Å²) in [5.74, 6) is 0. The fourth-order valence-corrected chi connectivity index (χ4v) is 3.51. The molecule has 1 amide bonds. The van der Waals surface area contributed by atoms with E-state index in [2.05, 4.69) is 12.2 Å². The minimum atomic E-state index is 0.237. The van der Waals surface area contributed by atoms with Crippen LogP contribution in [0.1, 0.15) is 31.7 Å². The zero-order valence-corrected chi connectivity index (χ0v) is 12.4. The Hall–Kier alpha value is -1.48. The molecule has 0 spiro atoms. The van der Waals surface area contributed by atoms with Crippen molar-refractivity contribution in [3.05, 3.63) is 34.4 Å². The van der Waals surface area contributed by atoms with Gasteiger partial charge >= 0.3 is 0 Å². The highest BCUT2D eigenvalue weighted by atomic mass is 35.5. The Morgan fingerprint density at radius 2 is 2.35 bits per heavy atom. The molecule has 1 unspecified atom stereocenters. The highest BCUT2D eigenvalue weighted by molar-refractivity contribution is 6.30. The average molecular weight is 291 g/mol. The van der Waals surface area contributed by atoms with Crippen molar-refractivity contribution in [2.75, 3.05) is 18.4 Å². The predicted octanol–water partition coefficient (Wildman–Crippen LogP) is 3.55. The molecule has 1 N–H and O–H groups in total. The largest absolute Gasteiger partial charge is 0.381 e. The first-order valence-electron chi connectivity index (χ1n) is 7.21. The lowest BCUT2D eigenvalue weighted by atomic mass is 9.84. The van der Waals surface area contributed by atoms with E-state index in [0.717, 1.165) is 49.5 Å². The standard InChI is InChI=1S/C16H19ClN2O/c1-2-3-16-14-9-18-15-5-4-11(17)8-13(15)12(14)6-7-19(16)10-20/h4-5,8,10,16,18H,2-3,6-7,9H2,1H3. The highest BCUT2D eigenvalue weighted by Gasteiger charge is 2.31. The molecule has 106 valence electrons. The van der Waals surface area contributed by atoms with Crippen LogP contribution in [-0.2, 0) is 4.79 Å². The molecule has 2 aliphatic rings. The monoisotopic (exact) mass is 290 g/mol. The molecule has 1 aromatic rings. The van der Waals surface area contributed by atoms with Gasteiger partial charge in [0.2, 0.25) is 6.41 Å². The molecule has 0 radical (unpaired) electrons. The Balaban J connectivity index is 2.06. The smallest absolute Gasteiger partial charge is 0.210 e. The predicted molar refractivity (Wildman–Crippen MR) is 82.9 cm³/mol. The third-order valence-corrected chi connectivity index (χ3v) is 4.52. The number of amides is 1. The molecule has 1 atom stereocenters. The molecule has 3 nitrogen and oxygen atoms in total. The van der Waals surface area contributed by atoms with Crippen LogP contribution < -0.4 is 5.32 Å². The van der Waals surface area contributed by atoms with E-state index in [4.69, 9.17) is 11.6 Å². The van der Waals surface area contributed by atoms with E-state index in [-0.39, 0.29) is 6.04 Å². The van der Waals surface area contributed by atoms with Crippen LogP contribution in [0, 0.1) is 0 Å². The summed E-state index contributed by atoms with van der Waals surface area (Å²) in [6.45, 7) is 3.80. The van der Waals surface area contributed by atoms with E-state index in [0.29, 0.717) is 0 Å². The van der Waals surface area contributed by atoms with E-state index in [1.165, 1.54) is 16.7 Å². The second kappa shape index (κ2) is 5.49. The molecule has 0 saturated carbocycles. The fourth-order valence-electron chi connectivity index (χ4n) is 3.34. The molecule has 2 heterocycles. The van der Waals surface area contributed by atoms with Gasteiger partial charge in [-0.3, -0.25) is 4.79 Å². The SMILES string of the molecule is CCCC1C2=C(CCN1C=O)c1cc(Cl)ccc1NC2. The Labute approximate surface area is 124 Å². The molecular formula is C16H19ClN2O. The number of benzene rings is 1. The molecule has 1 aromatic carbocycles. The first kappa shape index (κ1) is 13.5. The van der Waals surface area contributed by atoms with Crippen LogP contribution >= 0.6 is 11.6 Å². The van der Waals surface area contributed by atoms with Crippen LogP contribution in [0.3, 0.4) is 0 Å². The Morgan fingerprint density at radius 3 is 3.10 bits per heavy atom. The Morgan fingerprint density at radius 1 is 1.50 bits per heavy atom. The third kappa shape index (κ3) is 2.20. The zero-order chi connectivity index (χ0) is 14.1. The van der Waals surface area contributed by atoms with Gasteiger partial charge in [0.1, 0.15) is 0 Å². The fraction of sp³-hybridized carbons (Fsp3) is 0.438. The maximum atomic E-state index is 11.3. The van der Waals surface area contributed by atoms with Crippen molar-refractivity contribution in [1.29, 1.82) is 0 Å². The second-order valence-corrected chi connectivity index (χ2v) is 5.88. The third-order valence-electron chi connectivity index (χ3n) is 4.28. The summed E-state index contributed by atoms with van der Waals surface area (Å²) in [4.78, 5) is 13.2. The van der Waals surface area contributed by atoms with E-state index >= 15 is 0 Å². The molecule has 3 rings (SSSR count). The van der Waals surface area contributed by atoms with Gasteiger partial charge in [0.25, 0.3) is 0 Å². The number of rotatable bonds is 3. The number of anilines is 1. The molecule has 2 aliphatic heterocycles. The summed E-state index contributed by atoms with van der Waals surface area (Å²) in [6, 6.07) is 6.24. The van der Waals surface area contributed by atoms with Crippen LogP contribution in [0.15, 0.2) is 23.8 Å². The van der Waals surface area contributed by atoms with Crippen molar-refractivity contribution in [3.8, 4) is 0 Å². The quantitative estimate of drug-likeness (QED) is 0.864. The average Bonchev–Trinajstić information content (AvgIpc) is 2.47. The van der Waals surface area contributed by atoms with Gasteiger partial charge in [0.15, 0.2) is 0 Å². The van der Waals surface area contributed by atoms with E-state index in [1.54, 1.807) is 0 Å². The summed E-state index contributed by atoms with van der Waals surface area (Å²) in [6.07, 6.45) is 4.02. The first-order chi connectivity index (χ1) is 9.74. The van der Waals surface area contributed by atoms with Crippen molar-refractivity contribution in [2.24, 2.45) is 0 Å². The van der Waals surface area contributed by atoms with Gasteiger partial charge in [-0.1, -0.05) is 24.9 Å². The lowest BCUT2D eigenvalue weighted by Crippen LogP contribution is -2.43. The van der Waals surface area contributed by atoms with Gasteiger partial charge in [-0.15, -0.1) is 0 Å². The van der Waals surface area contributed by atoms with Crippen LogP contribution in [0.25, 0.3) is 5.57 Å². The molecule has 20 heavy (non-hydrogen) atoms. The summed E-state index contributed by atoms with van der Waals surface area (Å²) in [7, 11) is 0. The maximum Gasteiger partial charge on any atom is 0.210 e. The minimum Gasteiger partial charge on any atom is -0.381 e. The van der Waals surface area contributed by atoms with Gasteiger partial charge in [-0.25, -0.2) is 0 Å². The van der Waals surface area contributed by atoms with Crippen molar-refractivity contribution >= 4 is 29.3 Å².